The fourth-order valence-electron chi connectivity index (χ4n) is 2.82. The van der Waals surface area contributed by atoms with E-state index >= 15 is 0 Å². The smallest absolute Gasteiger partial charge is 0.338 e. The third-order valence-corrected chi connectivity index (χ3v) is 4.29. The highest BCUT2D eigenvalue weighted by Gasteiger charge is 2.35. The molecule has 7 heteroatoms. The summed E-state index contributed by atoms with van der Waals surface area (Å²) < 4.78 is 11.0. The fourth-order valence-corrected chi connectivity index (χ4v) is 3.06. The van der Waals surface area contributed by atoms with Crippen molar-refractivity contribution in [1.29, 1.82) is 0 Å². The lowest BCUT2D eigenvalue weighted by Gasteiger charge is -2.31. The normalized spacial score (nSPS) is 17.0. The van der Waals surface area contributed by atoms with Gasteiger partial charge >= 0.3 is 12.0 Å². The van der Waals surface area contributed by atoms with Crippen LogP contribution in [0.1, 0.15) is 52.6 Å². The van der Waals surface area contributed by atoms with Gasteiger partial charge in [-0.2, -0.15) is 0 Å². The number of urea groups is 1. The molecule has 0 fully saturated rings. The Kier molecular flexibility index (Phi) is 7.13. The number of benzene rings is 1. The Morgan fingerprint density at radius 1 is 1.26 bits per heavy atom. The maximum absolute atomic E-state index is 12.8. The van der Waals surface area contributed by atoms with Crippen molar-refractivity contribution in [1.82, 2.24) is 10.6 Å². The molecule has 1 aromatic rings. The molecule has 2 amide bonds. The van der Waals surface area contributed by atoms with Crippen LogP contribution >= 0.6 is 11.6 Å². The minimum Gasteiger partial charge on any atom is -0.492 e. The third-order valence-electron chi connectivity index (χ3n) is 3.99. The second-order valence-electron chi connectivity index (χ2n) is 7.01. The summed E-state index contributed by atoms with van der Waals surface area (Å²) in [5, 5.41) is 5.98. The molecule has 1 aromatic carbocycles. The van der Waals surface area contributed by atoms with Crippen molar-refractivity contribution in [3.05, 3.63) is 40.1 Å². The van der Waals surface area contributed by atoms with Crippen LogP contribution in [0.2, 0.25) is 5.02 Å². The number of hydrogen-bond acceptors (Lipinski definition) is 4. The molecule has 2 rings (SSSR count). The topological polar surface area (TPSA) is 76.7 Å². The van der Waals surface area contributed by atoms with E-state index in [1.54, 1.807) is 32.0 Å². The number of carbonyl (C=O) groups excluding carboxylic acids is 2. The molecule has 0 saturated heterocycles. The number of nitrogens with one attached hydrogen (secondary N) is 2. The second kappa shape index (κ2) is 9.13. The summed E-state index contributed by atoms with van der Waals surface area (Å²) in [5.41, 5.74) is 1.63. The fraction of sp³-hybridized carbons (Fsp3) is 0.500. The molecule has 0 spiro atoms. The number of halogens is 1. The highest BCUT2D eigenvalue weighted by Crippen LogP contribution is 2.34. The Labute approximate surface area is 165 Å². The molecule has 1 atom stereocenters. The number of ether oxygens (including phenoxy) is 2. The number of rotatable bonds is 7. The first-order valence-electron chi connectivity index (χ1n) is 9.19. The zero-order valence-corrected chi connectivity index (χ0v) is 17.1. The van der Waals surface area contributed by atoms with E-state index in [4.69, 9.17) is 21.1 Å². The summed E-state index contributed by atoms with van der Waals surface area (Å²) in [6.07, 6.45) is 0.596. The van der Waals surface area contributed by atoms with Crippen LogP contribution in [0.25, 0.3) is 0 Å². The molecule has 0 saturated carbocycles. The number of hydrogen-bond donors (Lipinski definition) is 2. The van der Waals surface area contributed by atoms with Gasteiger partial charge < -0.3 is 20.1 Å². The number of esters is 1. The van der Waals surface area contributed by atoms with Crippen LogP contribution in [0.4, 0.5) is 4.79 Å². The van der Waals surface area contributed by atoms with E-state index in [9.17, 15) is 9.59 Å². The van der Waals surface area contributed by atoms with E-state index in [0.29, 0.717) is 34.2 Å². The molecule has 1 unspecified atom stereocenters. The van der Waals surface area contributed by atoms with Crippen LogP contribution < -0.4 is 15.4 Å². The van der Waals surface area contributed by atoms with Crippen molar-refractivity contribution in [2.45, 2.75) is 53.2 Å². The number of amides is 2. The van der Waals surface area contributed by atoms with Gasteiger partial charge in [0.1, 0.15) is 5.75 Å². The summed E-state index contributed by atoms with van der Waals surface area (Å²) in [5.74, 6) is 0.0476. The standard InChI is InChI=1S/C20H27ClN2O4/c1-6-9-26-15-8-7-13(10-14(15)21)18-16(19(24)27-12(4)5)17(11(2)3)22-20(25)23-18/h7-8,10-12,18H,6,9H2,1-5H3,(H2,22,23,25). The molecular formula is C20H27ClN2O4. The van der Waals surface area contributed by atoms with Crippen molar-refractivity contribution in [3.63, 3.8) is 0 Å². The van der Waals surface area contributed by atoms with Crippen molar-refractivity contribution in [2.24, 2.45) is 5.92 Å². The molecule has 1 aliphatic heterocycles. The molecule has 0 bridgehead atoms. The highest BCUT2D eigenvalue weighted by atomic mass is 35.5. The summed E-state index contributed by atoms with van der Waals surface area (Å²) in [7, 11) is 0. The molecule has 6 nitrogen and oxygen atoms in total. The number of carbonyl (C=O) groups is 2. The lowest BCUT2D eigenvalue weighted by atomic mass is 9.91. The predicted octanol–water partition coefficient (Wildman–Crippen LogP) is 4.34. The van der Waals surface area contributed by atoms with Gasteiger partial charge in [0.15, 0.2) is 0 Å². The Hall–Kier alpha value is -2.21. The van der Waals surface area contributed by atoms with Crippen LogP contribution in [-0.2, 0) is 9.53 Å². The minimum absolute atomic E-state index is 0.0594. The van der Waals surface area contributed by atoms with Gasteiger partial charge in [0.2, 0.25) is 0 Å². The summed E-state index contributed by atoms with van der Waals surface area (Å²) in [6.45, 7) is 9.97. The maximum Gasteiger partial charge on any atom is 0.338 e. The van der Waals surface area contributed by atoms with E-state index in [2.05, 4.69) is 10.6 Å². The molecular weight excluding hydrogens is 368 g/mol. The zero-order chi connectivity index (χ0) is 20.1. The van der Waals surface area contributed by atoms with Crippen LogP contribution in [0.3, 0.4) is 0 Å². The Balaban J connectivity index is 2.47. The van der Waals surface area contributed by atoms with Gasteiger partial charge in [0.25, 0.3) is 0 Å². The first kappa shape index (κ1) is 21.1. The highest BCUT2D eigenvalue weighted by molar-refractivity contribution is 6.32. The van der Waals surface area contributed by atoms with Crippen LogP contribution in [0, 0.1) is 5.92 Å². The average Bonchev–Trinajstić information content (AvgIpc) is 2.59. The summed E-state index contributed by atoms with van der Waals surface area (Å²) in [6, 6.07) is 4.24. The van der Waals surface area contributed by atoms with E-state index < -0.39 is 12.0 Å². The molecule has 1 aliphatic rings. The van der Waals surface area contributed by atoms with Crippen LogP contribution in [-0.4, -0.2) is 24.7 Å². The first-order chi connectivity index (χ1) is 12.7. The number of allylic oxidation sites excluding steroid dienone is 1. The van der Waals surface area contributed by atoms with Gasteiger partial charge in [-0.15, -0.1) is 0 Å². The molecule has 148 valence electrons. The summed E-state index contributed by atoms with van der Waals surface area (Å²) in [4.78, 5) is 25.0. The van der Waals surface area contributed by atoms with E-state index in [1.807, 2.05) is 20.8 Å². The van der Waals surface area contributed by atoms with E-state index in [1.165, 1.54) is 0 Å². The van der Waals surface area contributed by atoms with Crippen molar-refractivity contribution in [2.75, 3.05) is 6.61 Å². The molecule has 0 aliphatic carbocycles. The van der Waals surface area contributed by atoms with Gasteiger partial charge in [0, 0.05) is 5.70 Å². The monoisotopic (exact) mass is 394 g/mol. The van der Waals surface area contributed by atoms with Crippen LogP contribution in [0.15, 0.2) is 29.5 Å². The quantitative estimate of drug-likeness (QED) is 0.674. The van der Waals surface area contributed by atoms with Gasteiger partial charge in [-0.1, -0.05) is 38.4 Å². The van der Waals surface area contributed by atoms with E-state index in [-0.39, 0.29) is 18.1 Å². The second-order valence-corrected chi connectivity index (χ2v) is 7.41. The van der Waals surface area contributed by atoms with E-state index in [0.717, 1.165) is 6.42 Å². The van der Waals surface area contributed by atoms with Crippen molar-refractivity contribution in [3.8, 4) is 5.75 Å². The zero-order valence-electron chi connectivity index (χ0n) is 16.4. The summed E-state index contributed by atoms with van der Waals surface area (Å²) >= 11 is 6.35. The molecule has 0 aromatic heterocycles. The Bertz CT molecular complexity index is 743. The van der Waals surface area contributed by atoms with Gasteiger partial charge in [0.05, 0.1) is 29.3 Å². The first-order valence-corrected chi connectivity index (χ1v) is 9.57. The Morgan fingerprint density at radius 3 is 2.52 bits per heavy atom. The lowest BCUT2D eigenvalue weighted by molar-refractivity contribution is -0.143. The van der Waals surface area contributed by atoms with Gasteiger partial charge in [-0.3, -0.25) is 0 Å². The molecule has 0 radical (unpaired) electrons. The van der Waals surface area contributed by atoms with Gasteiger partial charge in [-0.25, -0.2) is 9.59 Å². The third kappa shape index (κ3) is 5.16. The maximum atomic E-state index is 12.8. The largest absolute Gasteiger partial charge is 0.492 e. The molecule has 27 heavy (non-hydrogen) atoms. The van der Waals surface area contributed by atoms with Gasteiger partial charge in [-0.05, 0) is 43.9 Å². The molecule has 1 heterocycles. The average molecular weight is 395 g/mol. The Morgan fingerprint density at radius 2 is 1.96 bits per heavy atom. The minimum atomic E-state index is -0.653. The van der Waals surface area contributed by atoms with Crippen molar-refractivity contribution < 1.29 is 19.1 Å². The lowest BCUT2D eigenvalue weighted by Crippen LogP contribution is -2.47. The SMILES string of the molecule is CCCOc1ccc(C2NC(=O)NC(C(C)C)=C2C(=O)OC(C)C)cc1Cl. The van der Waals surface area contributed by atoms with Crippen molar-refractivity contribution >= 4 is 23.6 Å². The predicted molar refractivity (Wildman–Crippen MR) is 105 cm³/mol. The van der Waals surface area contributed by atoms with Crippen LogP contribution in [0.5, 0.6) is 5.75 Å². The molecule has 2 N–H and O–H groups in total.